The fraction of sp³-hybridized carbons (Fsp3) is 0.818. The van der Waals surface area contributed by atoms with Crippen LogP contribution in [0, 0.1) is 5.92 Å². The second-order valence-electron chi connectivity index (χ2n) is 4.07. The zero-order valence-corrected chi connectivity index (χ0v) is 10.5. The Balaban J connectivity index is 4.40. The highest BCUT2D eigenvalue weighted by Crippen LogP contribution is 2.08. The molecule has 0 aromatic carbocycles. The molecule has 0 radical (unpaired) electrons. The van der Waals surface area contributed by atoms with Crippen LogP contribution in [0.3, 0.4) is 0 Å². The van der Waals surface area contributed by atoms with Gasteiger partial charge < -0.3 is 15.3 Å². The number of hydrogen-bond donors (Lipinski definition) is 2. The van der Waals surface area contributed by atoms with Crippen LogP contribution in [0.25, 0.3) is 0 Å². The summed E-state index contributed by atoms with van der Waals surface area (Å²) in [5.41, 5.74) is 0. The summed E-state index contributed by atoms with van der Waals surface area (Å²) in [5, 5.41) is 11.5. The van der Waals surface area contributed by atoms with E-state index >= 15 is 0 Å². The van der Waals surface area contributed by atoms with E-state index in [4.69, 9.17) is 5.11 Å². The van der Waals surface area contributed by atoms with Gasteiger partial charge in [-0.3, -0.25) is 0 Å². The summed E-state index contributed by atoms with van der Waals surface area (Å²) in [6, 6.07) is -1.13. The normalized spacial score (nSPS) is 14.0. The number of amides is 2. The number of aliphatic carboxylic acids is 1. The molecule has 0 saturated carbocycles. The topological polar surface area (TPSA) is 69.6 Å². The predicted molar refractivity (Wildman–Crippen MR) is 62.3 cm³/mol. The fourth-order valence-electron chi connectivity index (χ4n) is 1.36. The van der Waals surface area contributed by atoms with Crippen molar-refractivity contribution >= 4 is 12.0 Å². The molecule has 0 aromatic heterocycles. The molecule has 94 valence electrons. The highest BCUT2D eigenvalue weighted by molar-refractivity contribution is 5.82. The molecule has 0 saturated heterocycles. The van der Waals surface area contributed by atoms with Crippen LogP contribution in [0.15, 0.2) is 0 Å². The Kier molecular flexibility index (Phi) is 6.53. The van der Waals surface area contributed by atoms with Gasteiger partial charge in [0.25, 0.3) is 0 Å². The van der Waals surface area contributed by atoms with E-state index in [0.717, 1.165) is 12.8 Å². The van der Waals surface area contributed by atoms with E-state index in [1.807, 2.05) is 20.8 Å². The van der Waals surface area contributed by atoms with Crippen molar-refractivity contribution in [2.24, 2.45) is 5.92 Å². The lowest BCUT2D eigenvalue weighted by atomic mass is 9.99. The molecule has 2 atom stereocenters. The van der Waals surface area contributed by atoms with Gasteiger partial charge in [-0.05, 0) is 12.3 Å². The third-order valence-electron chi connectivity index (χ3n) is 2.66. The van der Waals surface area contributed by atoms with Gasteiger partial charge in [-0.2, -0.15) is 0 Å². The molecule has 2 N–H and O–H groups in total. The van der Waals surface area contributed by atoms with Crippen LogP contribution >= 0.6 is 0 Å². The van der Waals surface area contributed by atoms with Crippen LogP contribution in [0.1, 0.15) is 33.6 Å². The zero-order chi connectivity index (χ0) is 12.7. The van der Waals surface area contributed by atoms with Crippen LogP contribution in [0.4, 0.5) is 4.79 Å². The number of carboxylic acid groups (broad SMARTS) is 1. The van der Waals surface area contributed by atoms with E-state index < -0.39 is 12.0 Å². The SMILES string of the molecule is CCCN(C)C(=O)N[C@H](C(=O)O)[C@@H](C)CC. The predicted octanol–water partition coefficient (Wildman–Crippen LogP) is 1.54. The van der Waals surface area contributed by atoms with Gasteiger partial charge in [0.15, 0.2) is 0 Å². The Morgan fingerprint density at radius 3 is 2.31 bits per heavy atom. The number of nitrogens with one attached hydrogen (secondary N) is 1. The molecule has 2 amide bonds. The minimum absolute atomic E-state index is 0.0727. The summed E-state index contributed by atoms with van der Waals surface area (Å²) in [6.45, 7) is 6.31. The third kappa shape index (κ3) is 4.51. The molecule has 5 heteroatoms. The molecule has 5 nitrogen and oxygen atoms in total. The van der Waals surface area contributed by atoms with Crippen molar-refractivity contribution in [1.82, 2.24) is 10.2 Å². The lowest BCUT2D eigenvalue weighted by molar-refractivity contribution is -0.140. The number of rotatable bonds is 6. The largest absolute Gasteiger partial charge is 0.480 e. The summed E-state index contributed by atoms with van der Waals surface area (Å²) in [5.74, 6) is -1.05. The van der Waals surface area contributed by atoms with Gasteiger partial charge in [-0.25, -0.2) is 9.59 Å². The van der Waals surface area contributed by atoms with Crippen molar-refractivity contribution < 1.29 is 14.7 Å². The van der Waals surface area contributed by atoms with Gasteiger partial charge in [0.1, 0.15) is 6.04 Å². The Morgan fingerprint density at radius 1 is 1.38 bits per heavy atom. The van der Waals surface area contributed by atoms with E-state index in [1.165, 1.54) is 4.90 Å². The zero-order valence-electron chi connectivity index (χ0n) is 10.5. The molecule has 0 aliphatic carbocycles. The number of hydrogen-bond acceptors (Lipinski definition) is 2. The van der Waals surface area contributed by atoms with Crippen molar-refractivity contribution in [2.45, 2.75) is 39.7 Å². The fourth-order valence-corrected chi connectivity index (χ4v) is 1.36. The van der Waals surface area contributed by atoms with Gasteiger partial charge in [0, 0.05) is 13.6 Å². The number of carbonyl (C=O) groups excluding carboxylic acids is 1. The minimum atomic E-state index is -0.979. The van der Waals surface area contributed by atoms with Crippen LogP contribution in [-0.2, 0) is 4.79 Å². The quantitative estimate of drug-likeness (QED) is 0.727. The first-order chi connectivity index (χ1) is 7.43. The van der Waals surface area contributed by atoms with Crippen LogP contribution in [-0.4, -0.2) is 41.6 Å². The number of carbonyl (C=O) groups is 2. The molecule has 16 heavy (non-hydrogen) atoms. The van der Waals surface area contributed by atoms with E-state index in [0.29, 0.717) is 6.54 Å². The molecule has 0 bridgehead atoms. The first-order valence-corrected chi connectivity index (χ1v) is 5.68. The molecular formula is C11H22N2O3. The monoisotopic (exact) mass is 230 g/mol. The number of carboxylic acids is 1. The molecule has 0 rings (SSSR count). The highest BCUT2D eigenvalue weighted by Gasteiger charge is 2.26. The second-order valence-corrected chi connectivity index (χ2v) is 4.07. The highest BCUT2D eigenvalue weighted by atomic mass is 16.4. The van der Waals surface area contributed by atoms with Crippen molar-refractivity contribution in [3.8, 4) is 0 Å². The van der Waals surface area contributed by atoms with E-state index in [-0.39, 0.29) is 11.9 Å². The standard InChI is InChI=1S/C11H22N2O3/c1-5-7-13(4)11(16)12-9(10(14)15)8(3)6-2/h8-9H,5-7H2,1-4H3,(H,12,16)(H,14,15)/t8-,9-/m0/s1. The Hall–Kier alpha value is -1.26. The average molecular weight is 230 g/mol. The maximum Gasteiger partial charge on any atom is 0.326 e. The van der Waals surface area contributed by atoms with Gasteiger partial charge in [-0.15, -0.1) is 0 Å². The summed E-state index contributed by atoms with van der Waals surface area (Å²) in [7, 11) is 1.66. The third-order valence-corrected chi connectivity index (χ3v) is 2.66. The summed E-state index contributed by atoms with van der Waals surface area (Å²) in [4.78, 5) is 24.1. The van der Waals surface area contributed by atoms with Crippen molar-refractivity contribution in [1.29, 1.82) is 0 Å². The van der Waals surface area contributed by atoms with E-state index in [2.05, 4.69) is 5.32 Å². The van der Waals surface area contributed by atoms with Crippen molar-refractivity contribution in [3.05, 3.63) is 0 Å². The van der Waals surface area contributed by atoms with Gasteiger partial charge in [0.2, 0.25) is 0 Å². The molecule has 0 spiro atoms. The maximum atomic E-state index is 11.6. The van der Waals surface area contributed by atoms with Crippen LogP contribution < -0.4 is 5.32 Å². The molecular weight excluding hydrogens is 208 g/mol. The minimum Gasteiger partial charge on any atom is -0.480 e. The van der Waals surface area contributed by atoms with Gasteiger partial charge in [-0.1, -0.05) is 27.2 Å². The van der Waals surface area contributed by atoms with Gasteiger partial charge in [0.05, 0.1) is 0 Å². The summed E-state index contributed by atoms with van der Waals surface area (Å²) >= 11 is 0. The molecule has 0 aliphatic heterocycles. The molecule has 0 heterocycles. The van der Waals surface area contributed by atoms with Gasteiger partial charge >= 0.3 is 12.0 Å². The van der Waals surface area contributed by atoms with E-state index in [1.54, 1.807) is 7.05 Å². The second kappa shape index (κ2) is 7.09. The van der Waals surface area contributed by atoms with Crippen LogP contribution in [0.2, 0.25) is 0 Å². The number of nitrogens with zero attached hydrogens (tertiary/aromatic N) is 1. The average Bonchev–Trinajstić information content (AvgIpc) is 2.24. The lowest BCUT2D eigenvalue weighted by Gasteiger charge is -2.24. The summed E-state index contributed by atoms with van der Waals surface area (Å²) in [6.07, 6.45) is 1.57. The Morgan fingerprint density at radius 2 is 1.94 bits per heavy atom. The smallest absolute Gasteiger partial charge is 0.326 e. The van der Waals surface area contributed by atoms with Crippen molar-refractivity contribution in [3.63, 3.8) is 0 Å². The Labute approximate surface area is 96.8 Å². The van der Waals surface area contributed by atoms with Crippen molar-refractivity contribution in [2.75, 3.05) is 13.6 Å². The maximum absolute atomic E-state index is 11.6. The number of urea groups is 1. The molecule has 0 fully saturated rings. The Bertz CT molecular complexity index is 243. The summed E-state index contributed by atoms with van der Waals surface area (Å²) < 4.78 is 0. The lowest BCUT2D eigenvalue weighted by Crippen LogP contribution is -2.49. The molecule has 0 aliphatic rings. The molecule has 0 unspecified atom stereocenters. The van der Waals surface area contributed by atoms with Crippen LogP contribution in [0.5, 0.6) is 0 Å². The first-order valence-electron chi connectivity index (χ1n) is 5.68. The molecule has 0 aromatic rings. The van der Waals surface area contributed by atoms with E-state index in [9.17, 15) is 9.59 Å². The first kappa shape index (κ1) is 14.7.